The van der Waals surface area contributed by atoms with E-state index in [0.29, 0.717) is 0 Å². The van der Waals surface area contributed by atoms with Crippen LogP contribution >= 0.6 is 0 Å². The molecule has 0 N–H and O–H groups in total. The van der Waals surface area contributed by atoms with Crippen molar-refractivity contribution < 1.29 is 9.78 Å². The molecule has 0 aromatic heterocycles. The third kappa shape index (κ3) is 3.31. The summed E-state index contributed by atoms with van der Waals surface area (Å²) in [7, 11) is 0. The van der Waals surface area contributed by atoms with Crippen LogP contribution in [0.3, 0.4) is 0 Å². The molecule has 2 nitrogen and oxygen atoms in total. The van der Waals surface area contributed by atoms with Crippen LogP contribution in [0.2, 0.25) is 0 Å². The minimum absolute atomic E-state index is 0. The van der Waals surface area contributed by atoms with Gasteiger partial charge in [0.2, 0.25) is 0 Å². The molecule has 1 heterocycles. The van der Waals surface area contributed by atoms with Crippen LogP contribution in [0.15, 0.2) is 24.7 Å². The second-order valence-corrected chi connectivity index (χ2v) is 0.850. The molecule has 0 amide bonds. The fourth-order valence-corrected chi connectivity index (χ4v) is 0.219. The van der Waals surface area contributed by atoms with Crippen molar-refractivity contribution in [3.05, 3.63) is 24.7 Å². The topological polar surface area (TPSA) is 18.5 Å². The van der Waals surface area contributed by atoms with Gasteiger partial charge in [0.05, 0.1) is 0 Å². The fraction of sp³-hybridized carbons (Fsp3) is 0. The summed E-state index contributed by atoms with van der Waals surface area (Å²) in [4.78, 5) is 8.60. The Morgan fingerprint density at radius 2 is 1.29 bits per heavy atom. The molecular weight excluding hydrogens is 119 g/mol. The SMILES string of the molecule is C1=COOC=C1.[KH]. The van der Waals surface area contributed by atoms with Crippen LogP contribution in [-0.4, -0.2) is 51.4 Å². The van der Waals surface area contributed by atoms with Crippen molar-refractivity contribution in [3.63, 3.8) is 0 Å². The predicted octanol–water partition coefficient (Wildman–Crippen LogP) is 0.327. The van der Waals surface area contributed by atoms with Crippen molar-refractivity contribution in [3.8, 4) is 0 Å². The molecule has 0 atom stereocenters. The molecule has 0 aromatic rings. The molecule has 0 radical (unpaired) electrons. The first kappa shape index (κ1) is 7.72. The molecule has 0 fully saturated rings. The van der Waals surface area contributed by atoms with Crippen LogP contribution in [-0.2, 0) is 9.78 Å². The predicted molar refractivity (Wildman–Crippen MR) is 27.6 cm³/mol. The Bertz CT molecular complexity index is 75.7. The second-order valence-electron chi connectivity index (χ2n) is 0.850. The maximum atomic E-state index is 4.30. The molecule has 1 aliphatic rings. The molecule has 0 saturated carbocycles. The van der Waals surface area contributed by atoms with E-state index in [4.69, 9.17) is 0 Å². The molecule has 1 rings (SSSR count). The van der Waals surface area contributed by atoms with Gasteiger partial charge in [-0.1, -0.05) is 0 Å². The van der Waals surface area contributed by atoms with Gasteiger partial charge in [-0.2, -0.15) is 0 Å². The fourth-order valence-electron chi connectivity index (χ4n) is 0.219. The van der Waals surface area contributed by atoms with E-state index in [2.05, 4.69) is 9.78 Å². The van der Waals surface area contributed by atoms with E-state index >= 15 is 0 Å². The molecule has 0 saturated heterocycles. The summed E-state index contributed by atoms with van der Waals surface area (Å²) in [5.74, 6) is 0. The van der Waals surface area contributed by atoms with Gasteiger partial charge in [0, 0.05) is 0 Å². The van der Waals surface area contributed by atoms with E-state index in [0.717, 1.165) is 0 Å². The van der Waals surface area contributed by atoms with E-state index in [1.165, 1.54) is 12.5 Å². The zero-order valence-electron chi connectivity index (χ0n) is 3.13. The molecule has 0 unspecified atom stereocenters. The van der Waals surface area contributed by atoms with Crippen molar-refractivity contribution in [1.82, 2.24) is 0 Å². The Morgan fingerprint density at radius 1 is 0.857 bits per heavy atom. The summed E-state index contributed by atoms with van der Waals surface area (Å²) in [6.45, 7) is 0. The quantitative estimate of drug-likeness (QED) is 0.342. The standard InChI is InChI=1S/C4H4O2.K.H/c1-2-4-6-5-3-1;;/h1-4H;;. The minimum atomic E-state index is 0. The van der Waals surface area contributed by atoms with Crippen molar-refractivity contribution in [2.75, 3.05) is 0 Å². The third-order valence-corrected chi connectivity index (χ3v) is 0.435. The number of allylic oxidation sites excluding steroid dienone is 2. The molecule has 34 valence electrons. The summed E-state index contributed by atoms with van der Waals surface area (Å²) in [5.41, 5.74) is 0. The van der Waals surface area contributed by atoms with Crippen LogP contribution in [0.5, 0.6) is 0 Å². The van der Waals surface area contributed by atoms with E-state index < -0.39 is 0 Å². The molecule has 1 aliphatic heterocycles. The van der Waals surface area contributed by atoms with E-state index in [1.807, 2.05) is 0 Å². The third-order valence-electron chi connectivity index (χ3n) is 0.435. The maximum absolute atomic E-state index is 4.30. The van der Waals surface area contributed by atoms with Crippen LogP contribution in [0.4, 0.5) is 0 Å². The summed E-state index contributed by atoms with van der Waals surface area (Å²) >= 11 is 0. The summed E-state index contributed by atoms with van der Waals surface area (Å²) in [6.07, 6.45) is 6.40. The summed E-state index contributed by atoms with van der Waals surface area (Å²) < 4.78 is 0. The van der Waals surface area contributed by atoms with Crippen LogP contribution in [0.25, 0.3) is 0 Å². The van der Waals surface area contributed by atoms with Gasteiger partial charge >= 0.3 is 51.4 Å². The first-order valence-electron chi connectivity index (χ1n) is 1.64. The summed E-state index contributed by atoms with van der Waals surface area (Å²) in [5, 5.41) is 0. The van der Waals surface area contributed by atoms with Crippen molar-refractivity contribution in [2.45, 2.75) is 0 Å². The second kappa shape index (κ2) is 4.87. The Hall–Kier alpha value is 0.716. The first-order chi connectivity index (χ1) is 3.00. The van der Waals surface area contributed by atoms with Gasteiger partial charge in [-0.3, -0.25) is 9.78 Å². The zero-order chi connectivity index (χ0) is 4.24. The Balaban J connectivity index is 0.000000360. The molecule has 0 aromatic carbocycles. The summed E-state index contributed by atoms with van der Waals surface area (Å²) in [6, 6.07) is 0. The van der Waals surface area contributed by atoms with Crippen molar-refractivity contribution in [1.29, 1.82) is 0 Å². The zero-order valence-corrected chi connectivity index (χ0v) is 3.13. The number of hydrogen-bond acceptors (Lipinski definition) is 2. The van der Waals surface area contributed by atoms with Gasteiger partial charge in [-0.25, -0.2) is 0 Å². The Morgan fingerprint density at radius 3 is 1.43 bits per heavy atom. The molecular formula is C4H5KO2. The van der Waals surface area contributed by atoms with Crippen LogP contribution in [0.1, 0.15) is 0 Å². The first-order valence-corrected chi connectivity index (χ1v) is 1.64. The monoisotopic (exact) mass is 124 g/mol. The van der Waals surface area contributed by atoms with Gasteiger partial charge in [-0.15, -0.1) is 0 Å². The van der Waals surface area contributed by atoms with Crippen LogP contribution in [0, 0.1) is 0 Å². The van der Waals surface area contributed by atoms with Gasteiger partial charge in [-0.05, 0) is 12.2 Å². The Labute approximate surface area is 84.5 Å². The molecule has 0 spiro atoms. The van der Waals surface area contributed by atoms with E-state index in [1.54, 1.807) is 12.2 Å². The Kier molecular flexibility index (Phi) is 5.36. The normalized spacial score (nSPS) is 13.7. The van der Waals surface area contributed by atoms with Gasteiger partial charge in [0.15, 0.2) is 0 Å². The average molecular weight is 124 g/mol. The van der Waals surface area contributed by atoms with E-state index in [9.17, 15) is 0 Å². The van der Waals surface area contributed by atoms with Gasteiger partial charge < -0.3 is 0 Å². The van der Waals surface area contributed by atoms with Gasteiger partial charge in [0.25, 0.3) is 0 Å². The molecule has 3 heteroatoms. The molecule has 0 aliphatic carbocycles. The average Bonchev–Trinajstić information content (AvgIpc) is 1.72. The number of hydrogen-bond donors (Lipinski definition) is 0. The van der Waals surface area contributed by atoms with E-state index in [-0.39, 0.29) is 51.4 Å². The number of rotatable bonds is 0. The molecule has 7 heavy (non-hydrogen) atoms. The molecule has 0 bridgehead atoms. The van der Waals surface area contributed by atoms with Crippen molar-refractivity contribution in [2.24, 2.45) is 0 Å². The van der Waals surface area contributed by atoms with Crippen molar-refractivity contribution >= 4 is 51.4 Å². The van der Waals surface area contributed by atoms with Gasteiger partial charge in [0.1, 0.15) is 12.5 Å². The van der Waals surface area contributed by atoms with Crippen LogP contribution < -0.4 is 0 Å².